The van der Waals surface area contributed by atoms with Gasteiger partial charge in [0.05, 0.1) is 11.4 Å². The van der Waals surface area contributed by atoms with Crippen LogP contribution in [0.2, 0.25) is 5.02 Å². The van der Waals surface area contributed by atoms with Crippen molar-refractivity contribution in [2.24, 2.45) is 5.41 Å². The standard InChI is InChI=1S/C27H34ClN5O2/c1-19(2)30-25(34)17-33-24(20-5-3-6-21(28)13-20)16-32-15-22(14-23(32)26(33)35)31-12-4-7-27(18-31)8-10-29-11-9-27/h3,5-6,13-16,19,29H,4,7-12,17-18H2,1-2H3,(H,30,34). The maximum atomic E-state index is 13.7. The number of halogens is 1. The minimum atomic E-state index is -0.189. The van der Waals surface area contributed by atoms with E-state index in [1.54, 1.807) is 10.6 Å². The third-order valence-corrected chi connectivity index (χ3v) is 7.65. The quantitative estimate of drug-likeness (QED) is 0.563. The third kappa shape index (κ3) is 4.98. The minimum absolute atomic E-state index is 0.00198. The fourth-order valence-corrected chi connectivity index (χ4v) is 5.90. The van der Waals surface area contributed by atoms with E-state index < -0.39 is 0 Å². The van der Waals surface area contributed by atoms with Crippen LogP contribution in [0.1, 0.15) is 39.5 Å². The lowest BCUT2D eigenvalue weighted by molar-refractivity contribution is -0.122. The number of carbonyl (C=O) groups excluding carboxylic acids is 1. The smallest absolute Gasteiger partial charge is 0.275 e. The zero-order valence-electron chi connectivity index (χ0n) is 20.5. The molecular weight excluding hydrogens is 462 g/mol. The Labute approximate surface area is 211 Å². The lowest BCUT2D eigenvalue weighted by Gasteiger charge is -2.46. The third-order valence-electron chi connectivity index (χ3n) is 7.41. The van der Waals surface area contributed by atoms with E-state index in [1.807, 2.05) is 48.7 Å². The zero-order chi connectivity index (χ0) is 24.6. The summed E-state index contributed by atoms with van der Waals surface area (Å²) < 4.78 is 3.47. The number of rotatable bonds is 5. The summed E-state index contributed by atoms with van der Waals surface area (Å²) in [6, 6.07) is 9.39. The first-order valence-corrected chi connectivity index (χ1v) is 13.0. The van der Waals surface area contributed by atoms with Gasteiger partial charge in [0, 0.05) is 42.1 Å². The van der Waals surface area contributed by atoms with Crippen LogP contribution in [-0.2, 0) is 11.3 Å². The topological polar surface area (TPSA) is 70.8 Å². The molecule has 2 aromatic heterocycles. The maximum absolute atomic E-state index is 13.7. The molecule has 35 heavy (non-hydrogen) atoms. The van der Waals surface area contributed by atoms with Crippen molar-refractivity contribution in [2.75, 3.05) is 31.1 Å². The van der Waals surface area contributed by atoms with Crippen molar-refractivity contribution < 1.29 is 4.79 Å². The number of benzene rings is 1. The van der Waals surface area contributed by atoms with Crippen LogP contribution in [-0.4, -0.2) is 47.1 Å². The second-order valence-corrected chi connectivity index (χ2v) is 10.8. The van der Waals surface area contributed by atoms with Crippen molar-refractivity contribution in [3.05, 3.63) is 58.1 Å². The Kier molecular flexibility index (Phi) is 6.64. The number of fused-ring (bicyclic) bond motifs is 1. The molecule has 2 aliphatic heterocycles. The van der Waals surface area contributed by atoms with Gasteiger partial charge in [0.1, 0.15) is 12.1 Å². The van der Waals surface area contributed by atoms with Crippen molar-refractivity contribution in [1.82, 2.24) is 19.6 Å². The molecule has 7 nitrogen and oxygen atoms in total. The zero-order valence-corrected chi connectivity index (χ0v) is 21.3. The van der Waals surface area contributed by atoms with Crippen LogP contribution in [0, 0.1) is 5.41 Å². The molecular formula is C27H34ClN5O2. The number of nitrogens with one attached hydrogen (secondary N) is 2. The van der Waals surface area contributed by atoms with Crippen LogP contribution < -0.4 is 21.1 Å². The van der Waals surface area contributed by atoms with E-state index in [1.165, 1.54) is 25.7 Å². The highest BCUT2D eigenvalue weighted by Gasteiger charge is 2.36. The largest absolute Gasteiger partial charge is 0.370 e. The summed E-state index contributed by atoms with van der Waals surface area (Å²) in [5.41, 5.74) is 3.30. The van der Waals surface area contributed by atoms with Crippen LogP contribution in [0.3, 0.4) is 0 Å². The predicted molar refractivity (Wildman–Crippen MR) is 141 cm³/mol. The normalized spacial score (nSPS) is 17.9. The Morgan fingerprint density at radius 2 is 1.97 bits per heavy atom. The predicted octanol–water partition coefficient (Wildman–Crippen LogP) is 3.92. The number of nitrogens with zero attached hydrogens (tertiary/aromatic N) is 3. The van der Waals surface area contributed by atoms with Gasteiger partial charge in [-0.2, -0.15) is 0 Å². The van der Waals surface area contributed by atoms with Crippen LogP contribution in [0.4, 0.5) is 5.69 Å². The molecule has 186 valence electrons. The Morgan fingerprint density at radius 3 is 2.71 bits per heavy atom. The van der Waals surface area contributed by atoms with Gasteiger partial charge < -0.3 is 19.9 Å². The first-order chi connectivity index (χ1) is 16.8. The Bertz CT molecular complexity index is 1280. The first kappa shape index (κ1) is 23.9. The molecule has 0 unspecified atom stereocenters. The van der Waals surface area contributed by atoms with Crippen LogP contribution >= 0.6 is 11.6 Å². The van der Waals surface area contributed by atoms with Gasteiger partial charge in [0.2, 0.25) is 5.91 Å². The van der Waals surface area contributed by atoms with E-state index in [9.17, 15) is 9.59 Å². The van der Waals surface area contributed by atoms with Crippen molar-refractivity contribution in [1.29, 1.82) is 0 Å². The van der Waals surface area contributed by atoms with Gasteiger partial charge in [-0.25, -0.2) is 0 Å². The van der Waals surface area contributed by atoms with Gasteiger partial charge in [-0.3, -0.25) is 14.2 Å². The van der Waals surface area contributed by atoms with E-state index in [-0.39, 0.29) is 24.1 Å². The molecule has 1 spiro atoms. The van der Waals surface area contributed by atoms with Crippen LogP contribution in [0.5, 0.6) is 0 Å². The van der Waals surface area contributed by atoms with Crippen LogP contribution in [0.15, 0.2) is 47.5 Å². The second-order valence-electron chi connectivity index (χ2n) is 10.4. The van der Waals surface area contributed by atoms with Gasteiger partial charge in [-0.15, -0.1) is 0 Å². The van der Waals surface area contributed by atoms with Crippen molar-refractivity contribution in [2.45, 2.75) is 52.1 Å². The molecule has 2 N–H and O–H groups in total. The number of carbonyl (C=O) groups is 1. The molecule has 5 rings (SSSR count). The van der Waals surface area contributed by atoms with E-state index in [0.29, 0.717) is 21.6 Å². The monoisotopic (exact) mass is 495 g/mol. The molecule has 2 aliphatic rings. The number of anilines is 1. The number of hydrogen-bond donors (Lipinski definition) is 2. The molecule has 0 atom stereocenters. The SMILES string of the molecule is CC(C)NC(=O)Cn1c(-c2cccc(Cl)c2)cn2cc(N3CCCC4(CCNCC4)C3)cc2c1=O. The molecule has 0 aliphatic carbocycles. The van der Waals surface area contributed by atoms with Gasteiger partial charge in [-0.05, 0) is 76.2 Å². The Balaban J connectivity index is 1.56. The summed E-state index contributed by atoms with van der Waals surface area (Å²) >= 11 is 6.27. The maximum Gasteiger partial charge on any atom is 0.275 e. The number of aromatic nitrogens is 2. The van der Waals surface area contributed by atoms with E-state index in [4.69, 9.17) is 11.6 Å². The fraction of sp³-hybridized carbons (Fsp3) is 0.481. The minimum Gasteiger partial charge on any atom is -0.370 e. The molecule has 8 heteroatoms. The number of hydrogen-bond acceptors (Lipinski definition) is 4. The van der Waals surface area contributed by atoms with E-state index >= 15 is 0 Å². The number of piperidine rings is 2. The molecule has 4 heterocycles. The second kappa shape index (κ2) is 9.70. The van der Waals surface area contributed by atoms with Crippen molar-refractivity contribution in [3.63, 3.8) is 0 Å². The molecule has 2 fully saturated rings. The number of amides is 1. The molecule has 0 bridgehead atoms. The average molecular weight is 496 g/mol. The van der Waals surface area contributed by atoms with E-state index in [2.05, 4.69) is 21.7 Å². The van der Waals surface area contributed by atoms with Crippen LogP contribution in [0.25, 0.3) is 16.8 Å². The first-order valence-electron chi connectivity index (χ1n) is 12.6. The average Bonchev–Trinajstić information content (AvgIpc) is 3.26. The highest BCUT2D eigenvalue weighted by molar-refractivity contribution is 6.30. The molecule has 2 saturated heterocycles. The van der Waals surface area contributed by atoms with Gasteiger partial charge >= 0.3 is 0 Å². The van der Waals surface area contributed by atoms with Crippen molar-refractivity contribution >= 4 is 28.7 Å². The molecule has 0 saturated carbocycles. The van der Waals surface area contributed by atoms with Crippen molar-refractivity contribution in [3.8, 4) is 11.3 Å². The summed E-state index contributed by atoms with van der Waals surface area (Å²) in [6.07, 6.45) is 8.85. The fourth-order valence-electron chi connectivity index (χ4n) is 5.70. The summed E-state index contributed by atoms with van der Waals surface area (Å²) in [7, 11) is 0. The highest BCUT2D eigenvalue weighted by Crippen LogP contribution is 2.39. The molecule has 3 aromatic rings. The Hall–Kier alpha value is -2.77. The molecule has 0 radical (unpaired) electrons. The highest BCUT2D eigenvalue weighted by atomic mass is 35.5. The lowest BCUT2D eigenvalue weighted by Crippen LogP contribution is -2.48. The lowest BCUT2D eigenvalue weighted by atomic mass is 9.73. The Morgan fingerprint density at radius 1 is 1.17 bits per heavy atom. The van der Waals surface area contributed by atoms with Gasteiger partial charge in [-0.1, -0.05) is 23.7 Å². The van der Waals surface area contributed by atoms with E-state index in [0.717, 1.165) is 37.4 Å². The summed E-state index contributed by atoms with van der Waals surface area (Å²) in [4.78, 5) is 28.8. The van der Waals surface area contributed by atoms with Gasteiger partial charge in [0.15, 0.2) is 0 Å². The summed E-state index contributed by atoms with van der Waals surface area (Å²) in [5, 5.41) is 6.98. The summed E-state index contributed by atoms with van der Waals surface area (Å²) in [6.45, 7) is 7.96. The van der Waals surface area contributed by atoms with Gasteiger partial charge in [0.25, 0.3) is 5.56 Å². The summed E-state index contributed by atoms with van der Waals surface area (Å²) in [5.74, 6) is -0.189. The molecule has 1 aromatic carbocycles. The molecule has 1 amide bonds.